The van der Waals surface area contributed by atoms with Gasteiger partial charge in [0.25, 0.3) is 5.91 Å². The van der Waals surface area contributed by atoms with E-state index in [-0.39, 0.29) is 17.8 Å². The van der Waals surface area contributed by atoms with Gasteiger partial charge in [-0.25, -0.2) is 0 Å². The summed E-state index contributed by atoms with van der Waals surface area (Å²) < 4.78 is 5.55. The number of nitriles is 1. The van der Waals surface area contributed by atoms with Gasteiger partial charge in [0.05, 0.1) is 17.6 Å². The van der Waals surface area contributed by atoms with Crippen molar-refractivity contribution in [3.05, 3.63) is 29.8 Å². The Kier molecular flexibility index (Phi) is 4.44. The predicted octanol–water partition coefficient (Wildman–Crippen LogP) is 3.50. The van der Waals surface area contributed by atoms with Gasteiger partial charge in [-0.05, 0) is 80.9 Å². The lowest BCUT2D eigenvalue weighted by atomic mass is 9.52. The van der Waals surface area contributed by atoms with Crippen LogP contribution >= 0.6 is 0 Å². The summed E-state index contributed by atoms with van der Waals surface area (Å²) >= 11 is 0. The molecule has 1 amide bonds. The van der Waals surface area contributed by atoms with Gasteiger partial charge in [-0.15, -0.1) is 0 Å². The molecule has 0 saturated heterocycles. The van der Waals surface area contributed by atoms with Crippen LogP contribution in [0.3, 0.4) is 0 Å². The molecule has 0 radical (unpaired) electrons. The van der Waals surface area contributed by atoms with Crippen LogP contribution in [0.15, 0.2) is 24.3 Å². The molecule has 5 nitrogen and oxygen atoms in total. The van der Waals surface area contributed by atoms with Crippen molar-refractivity contribution in [2.45, 2.75) is 45.1 Å². The number of nitrogens with zero attached hydrogens (tertiary/aromatic N) is 1. The van der Waals surface area contributed by atoms with Crippen LogP contribution in [0.5, 0.6) is 0 Å². The van der Waals surface area contributed by atoms with Gasteiger partial charge in [0.15, 0.2) is 6.10 Å². The molecule has 4 aliphatic carbocycles. The van der Waals surface area contributed by atoms with E-state index >= 15 is 0 Å². The van der Waals surface area contributed by atoms with Crippen LogP contribution in [-0.2, 0) is 14.3 Å². The number of anilines is 1. The lowest BCUT2D eigenvalue weighted by Gasteiger charge is -2.53. The Labute approximate surface area is 153 Å². The minimum Gasteiger partial charge on any atom is -0.452 e. The van der Waals surface area contributed by atoms with Crippen molar-refractivity contribution in [2.75, 3.05) is 5.32 Å². The first-order valence-electron chi connectivity index (χ1n) is 9.55. The number of nitrogens with one attached hydrogen (secondary N) is 1. The molecule has 0 heterocycles. The van der Waals surface area contributed by atoms with E-state index in [1.807, 2.05) is 6.07 Å². The second-order valence-corrected chi connectivity index (χ2v) is 8.22. The van der Waals surface area contributed by atoms with Crippen LogP contribution in [0.2, 0.25) is 0 Å². The fraction of sp³-hybridized carbons (Fsp3) is 0.571. The summed E-state index contributed by atoms with van der Waals surface area (Å²) in [5, 5.41) is 11.7. The Hall–Kier alpha value is -2.35. The van der Waals surface area contributed by atoms with Crippen LogP contribution in [0.4, 0.5) is 5.69 Å². The van der Waals surface area contributed by atoms with Gasteiger partial charge in [0.1, 0.15) is 0 Å². The van der Waals surface area contributed by atoms with Gasteiger partial charge in [-0.1, -0.05) is 6.07 Å². The molecule has 4 bridgehead atoms. The number of hydrogen-bond donors (Lipinski definition) is 1. The molecule has 1 atom stereocenters. The lowest BCUT2D eigenvalue weighted by Crippen LogP contribution is -2.49. The highest BCUT2D eigenvalue weighted by atomic mass is 16.5. The second-order valence-electron chi connectivity index (χ2n) is 8.22. The van der Waals surface area contributed by atoms with Crippen LogP contribution in [0.1, 0.15) is 44.6 Å². The number of esters is 1. The normalized spacial score (nSPS) is 32.5. The SMILES string of the molecule is C[C@H](OC(=O)C1C2CC3CC(C2)CC1C3)C(=O)Nc1cccc(C#N)c1. The highest BCUT2D eigenvalue weighted by molar-refractivity contribution is 5.95. The lowest BCUT2D eigenvalue weighted by molar-refractivity contribution is -0.169. The van der Waals surface area contributed by atoms with Crippen LogP contribution in [0, 0.1) is 40.9 Å². The number of carbonyl (C=O) groups excluding carboxylic acids is 2. The third-order valence-electron chi connectivity index (χ3n) is 6.42. The standard InChI is InChI=1S/C21H24N2O3/c1-12(20(24)23-18-4-2-3-13(10-18)11-22)26-21(25)19-16-6-14-5-15(8-16)9-17(19)7-14/h2-4,10,12,14-17,19H,5-9H2,1H3,(H,23,24)/t12-,14?,15?,16?,17?,19?/m0/s1. The summed E-state index contributed by atoms with van der Waals surface area (Å²) in [6.07, 6.45) is 5.09. The van der Waals surface area contributed by atoms with Crippen molar-refractivity contribution in [3.63, 3.8) is 0 Å². The third kappa shape index (κ3) is 3.21. The molecular formula is C21H24N2O3. The number of amides is 1. The highest BCUT2D eigenvalue weighted by Gasteiger charge is 2.51. The molecule has 0 aromatic heterocycles. The molecule has 4 fully saturated rings. The zero-order valence-electron chi connectivity index (χ0n) is 15.0. The van der Waals surface area contributed by atoms with Crippen LogP contribution in [0.25, 0.3) is 0 Å². The maximum Gasteiger partial charge on any atom is 0.310 e. The topological polar surface area (TPSA) is 79.2 Å². The van der Waals surface area contributed by atoms with E-state index in [0.29, 0.717) is 23.1 Å². The molecule has 0 unspecified atom stereocenters. The molecule has 4 saturated carbocycles. The quantitative estimate of drug-likeness (QED) is 0.841. The molecule has 26 heavy (non-hydrogen) atoms. The van der Waals surface area contributed by atoms with E-state index in [2.05, 4.69) is 5.32 Å². The molecule has 136 valence electrons. The van der Waals surface area contributed by atoms with Gasteiger partial charge < -0.3 is 10.1 Å². The summed E-state index contributed by atoms with van der Waals surface area (Å²) in [7, 11) is 0. The zero-order chi connectivity index (χ0) is 18.3. The van der Waals surface area contributed by atoms with E-state index in [0.717, 1.165) is 37.5 Å². The fourth-order valence-electron chi connectivity index (χ4n) is 5.53. The molecule has 5 heteroatoms. The minimum absolute atomic E-state index is 0.0278. The number of rotatable bonds is 4. The maximum absolute atomic E-state index is 12.8. The molecule has 4 aliphatic rings. The molecule has 1 aromatic rings. The van der Waals surface area contributed by atoms with E-state index in [9.17, 15) is 9.59 Å². The van der Waals surface area contributed by atoms with Gasteiger partial charge in [-0.3, -0.25) is 9.59 Å². The largest absolute Gasteiger partial charge is 0.452 e. The van der Waals surface area contributed by atoms with E-state index in [1.54, 1.807) is 31.2 Å². The first kappa shape index (κ1) is 17.1. The van der Waals surface area contributed by atoms with Crippen LogP contribution < -0.4 is 5.32 Å². The summed E-state index contributed by atoms with van der Waals surface area (Å²) in [5.41, 5.74) is 1.01. The van der Waals surface area contributed by atoms with E-state index < -0.39 is 6.10 Å². The Morgan fingerprint density at radius 2 is 1.81 bits per heavy atom. The molecule has 5 rings (SSSR count). The van der Waals surface area contributed by atoms with Crippen molar-refractivity contribution in [2.24, 2.45) is 29.6 Å². The van der Waals surface area contributed by atoms with E-state index in [1.165, 1.54) is 6.42 Å². The Balaban J connectivity index is 1.36. The third-order valence-corrected chi connectivity index (χ3v) is 6.42. The summed E-state index contributed by atoms with van der Waals surface area (Å²) in [4.78, 5) is 25.1. The van der Waals surface area contributed by atoms with Gasteiger partial charge in [-0.2, -0.15) is 5.26 Å². The molecule has 0 aliphatic heterocycles. The van der Waals surface area contributed by atoms with Crippen LogP contribution in [-0.4, -0.2) is 18.0 Å². The molecule has 1 N–H and O–H groups in total. The Morgan fingerprint density at radius 3 is 2.42 bits per heavy atom. The van der Waals surface area contributed by atoms with Crippen molar-refractivity contribution < 1.29 is 14.3 Å². The van der Waals surface area contributed by atoms with E-state index in [4.69, 9.17) is 10.00 Å². The van der Waals surface area contributed by atoms with Crippen molar-refractivity contribution >= 4 is 17.6 Å². The van der Waals surface area contributed by atoms with Crippen molar-refractivity contribution in [3.8, 4) is 6.07 Å². The first-order chi connectivity index (χ1) is 12.5. The highest BCUT2D eigenvalue weighted by Crippen LogP contribution is 2.56. The average molecular weight is 352 g/mol. The fourth-order valence-corrected chi connectivity index (χ4v) is 5.53. The smallest absolute Gasteiger partial charge is 0.310 e. The van der Waals surface area contributed by atoms with Gasteiger partial charge >= 0.3 is 5.97 Å². The number of ether oxygens (including phenoxy) is 1. The number of carbonyl (C=O) groups is 2. The van der Waals surface area contributed by atoms with Crippen molar-refractivity contribution in [1.82, 2.24) is 0 Å². The second kappa shape index (κ2) is 6.75. The molecule has 1 aromatic carbocycles. The summed E-state index contributed by atoms with van der Waals surface area (Å²) in [5.74, 6) is 1.90. The molecule has 0 spiro atoms. The number of benzene rings is 1. The van der Waals surface area contributed by atoms with Crippen molar-refractivity contribution in [1.29, 1.82) is 5.26 Å². The maximum atomic E-state index is 12.8. The predicted molar refractivity (Wildman–Crippen MR) is 95.9 cm³/mol. The minimum atomic E-state index is -0.842. The van der Waals surface area contributed by atoms with Gasteiger partial charge in [0.2, 0.25) is 0 Å². The first-order valence-corrected chi connectivity index (χ1v) is 9.55. The Bertz CT molecular complexity index is 739. The summed E-state index contributed by atoms with van der Waals surface area (Å²) in [6.45, 7) is 1.61. The van der Waals surface area contributed by atoms with Gasteiger partial charge in [0, 0.05) is 5.69 Å². The molecular weight excluding hydrogens is 328 g/mol. The average Bonchev–Trinajstić information content (AvgIpc) is 2.60. The number of hydrogen-bond acceptors (Lipinski definition) is 4. The monoisotopic (exact) mass is 352 g/mol. The Morgan fingerprint density at radius 1 is 1.15 bits per heavy atom. The zero-order valence-corrected chi connectivity index (χ0v) is 15.0. The summed E-state index contributed by atoms with van der Waals surface area (Å²) in [6, 6.07) is 8.73.